The molecule has 1 N–H and O–H groups in total. The van der Waals surface area contributed by atoms with Gasteiger partial charge in [-0.2, -0.15) is 0 Å². The van der Waals surface area contributed by atoms with Crippen molar-refractivity contribution in [3.05, 3.63) is 64.1 Å². The van der Waals surface area contributed by atoms with Crippen LogP contribution in [-0.4, -0.2) is 50.5 Å². The van der Waals surface area contributed by atoms with Gasteiger partial charge in [0.1, 0.15) is 6.04 Å². The largest absolute Gasteiger partial charge is 0.355 e. The normalized spacial score (nSPS) is 12.2. The summed E-state index contributed by atoms with van der Waals surface area (Å²) >= 11 is 3.39. The van der Waals surface area contributed by atoms with E-state index in [1.54, 1.807) is 13.8 Å². The molecule has 7 nitrogen and oxygen atoms in total. The van der Waals surface area contributed by atoms with Gasteiger partial charge < -0.3 is 10.2 Å². The first kappa shape index (κ1) is 27.7. The maximum absolute atomic E-state index is 13.6. The summed E-state index contributed by atoms with van der Waals surface area (Å²) < 4.78 is 53.2. The lowest BCUT2D eigenvalue weighted by Crippen LogP contribution is -2.47. The second-order valence-electron chi connectivity index (χ2n) is 7.76. The molecule has 1 atom stereocenters. The van der Waals surface area contributed by atoms with Crippen molar-refractivity contribution >= 4 is 43.5 Å². The van der Waals surface area contributed by atoms with Gasteiger partial charge in [0.15, 0.2) is 11.6 Å². The summed E-state index contributed by atoms with van der Waals surface area (Å²) in [6, 6.07) is 9.42. The van der Waals surface area contributed by atoms with Crippen LogP contribution >= 0.6 is 15.9 Å². The van der Waals surface area contributed by atoms with Gasteiger partial charge in [0.2, 0.25) is 21.8 Å². The number of hydrogen-bond donors (Lipinski definition) is 1. The molecule has 0 aliphatic heterocycles. The van der Waals surface area contributed by atoms with E-state index in [1.165, 1.54) is 4.90 Å². The number of hydrogen-bond acceptors (Lipinski definition) is 4. The lowest BCUT2D eigenvalue weighted by Gasteiger charge is -2.29. The van der Waals surface area contributed by atoms with Crippen LogP contribution in [-0.2, 0) is 26.2 Å². The Bertz CT molecular complexity index is 1130. The van der Waals surface area contributed by atoms with E-state index in [2.05, 4.69) is 21.2 Å². The van der Waals surface area contributed by atoms with Crippen LogP contribution in [0.15, 0.2) is 46.9 Å². The summed E-state index contributed by atoms with van der Waals surface area (Å²) in [4.78, 5) is 27.0. The van der Waals surface area contributed by atoms with Crippen molar-refractivity contribution in [3.63, 3.8) is 0 Å². The van der Waals surface area contributed by atoms with Crippen molar-refractivity contribution in [1.82, 2.24) is 10.2 Å². The molecule has 2 rings (SSSR count). The van der Waals surface area contributed by atoms with Crippen molar-refractivity contribution in [2.24, 2.45) is 0 Å². The number of benzene rings is 2. The molecule has 2 amide bonds. The van der Waals surface area contributed by atoms with Gasteiger partial charge in [-0.3, -0.25) is 13.9 Å². The molecule has 0 saturated heterocycles. The molecule has 186 valence electrons. The van der Waals surface area contributed by atoms with Crippen molar-refractivity contribution in [2.75, 3.05) is 23.7 Å². The van der Waals surface area contributed by atoms with Crippen molar-refractivity contribution in [2.45, 2.75) is 39.3 Å². The molecule has 11 heteroatoms. The Morgan fingerprint density at radius 3 is 2.41 bits per heavy atom. The number of amides is 2. The third-order valence-corrected chi connectivity index (χ3v) is 6.79. The van der Waals surface area contributed by atoms with Crippen molar-refractivity contribution < 1.29 is 26.8 Å². The molecule has 0 bridgehead atoms. The Labute approximate surface area is 207 Å². The first-order valence-electron chi connectivity index (χ1n) is 10.7. The second kappa shape index (κ2) is 12.3. The highest BCUT2D eigenvalue weighted by Gasteiger charge is 2.26. The number of nitrogens with one attached hydrogen (secondary N) is 1. The minimum absolute atomic E-state index is 0.0319. The molecular formula is C23H28BrF2N3O4S. The monoisotopic (exact) mass is 559 g/mol. The summed E-state index contributed by atoms with van der Waals surface area (Å²) in [5.74, 6) is -2.89. The highest BCUT2D eigenvalue weighted by molar-refractivity contribution is 9.10. The molecule has 2 aromatic carbocycles. The molecule has 2 aromatic rings. The standard InChI is InChI=1S/C23H28BrF2N3O4S/c1-4-27-23(31)16(2)28(15-17-7-5-8-18(24)13-17)22(30)9-6-12-29(34(3,32)33)19-10-11-20(25)21(26)14-19/h5,7-8,10-11,13-14,16H,4,6,9,12,15H2,1-3H3,(H,27,31). The lowest BCUT2D eigenvalue weighted by molar-refractivity contribution is -0.140. The van der Waals surface area contributed by atoms with E-state index in [-0.39, 0.29) is 43.4 Å². The van der Waals surface area contributed by atoms with E-state index in [4.69, 9.17) is 0 Å². The molecular weight excluding hydrogens is 532 g/mol. The highest BCUT2D eigenvalue weighted by atomic mass is 79.9. The number of halogens is 3. The SMILES string of the molecule is CCNC(=O)C(C)N(Cc1cccc(Br)c1)C(=O)CCCN(c1ccc(F)c(F)c1)S(C)(=O)=O. The van der Waals surface area contributed by atoms with Gasteiger partial charge in [0.05, 0.1) is 11.9 Å². The number of nitrogens with zero attached hydrogens (tertiary/aromatic N) is 2. The number of likely N-dealkylation sites (N-methyl/N-ethyl adjacent to an activating group) is 1. The molecule has 0 spiro atoms. The maximum Gasteiger partial charge on any atom is 0.242 e. The lowest BCUT2D eigenvalue weighted by atomic mass is 10.1. The van der Waals surface area contributed by atoms with Crippen LogP contribution in [0.1, 0.15) is 32.3 Å². The van der Waals surface area contributed by atoms with Gasteiger partial charge in [0, 0.05) is 36.6 Å². The zero-order valence-corrected chi connectivity index (χ0v) is 21.6. The number of anilines is 1. The van der Waals surface area contributed by atoms with Gasteiger partial charge in [-0.25, -0.2) is 17.2 Å². The topological polar surface area (TPSA) is 86.8 Å². The molecule has 0 aromatic heterocycles. The molecule has 0 radical (unpaired) electrons. The van der Waals surface area contributed by atoms with Crippen LogP contribution in [0, 0.1) is 11.6 Å². The summed E-state index contributed by atoms with van der Waals surface area (Å²) in [7, 11) is -3.81. The minimum Gasteiger partial charge on any atom is -0.355 e. The highest BCUT2D eigenvalue weighted by Crippen LogP contribution is 2.22. The molecule has 34 heavy (non-hydrogen) atoms. The summed E-state index contributed by atoms with van der Waals surface area (Å²) in [5, 5.41) is 2.71. The van der Waals surface area contributed by atoms with E-state index in [1.807, 2.05) is 24.3 Å². The van der Waals surface area contributed by atoms with Crippen LogP contribution in [0.4, 0.5) is 14.5 Å². The first-order chi connectivity index (χ1) is 15.9. The predicted octanol–water partition coefficient (Wildman–Crippen LogP) is 3.83. The van der Waals surface area contributed by atoms with Crippen LogP contribution in [0.25, 0.3) is 0 Å². The average Bonchev–Trinajstić information content (AvgIpc) is 2.76. The van der Waals surface area contributed by atoms with Crippen molar-refractivity contribution in [1.29, 1.82) is 0 Å². The van der Waals surface area contributed by atoms with E-state index >= 15 is 0 Å². The van der Waals surface area contributed by atoms with Crippen LogP contribution < -0.4 is 9.62 Å². The van der Waals surface area contributed by atoms with E-state index in [9.17, 15) is 26.8 Å². The van der Waals surface area contributed by atoms with Gasteiger partial charge in [-0.05, 0) is 50.1 Å². The van der Waals surface area contributed by atoms with Gasteiger partial charge in [-0.15, -0.1) is 0 Å². The third-order valence-electron chi connectivity index (χ3n) is 5.10. The van der Waals surface area contributed by atoms with E-state index in [0.29, 0.717) is 6.54 Å². The van der Waals surface area contributed by atoms with Crippen molar-refractivity contribution in [3.8, 4) is 0 Å². The zero-order chi connectivity index (χ0) is 25.5. The Balaban J connectivity index is 2.17. The zero-order valence-electron chi connectivity index (χ0n) is 19.2. The molecule has 0 saturated carbocycles. The smallest absolute Gasteiger partial charge is 0.242 e. The Kier molecular flexibility index (Phi) is 9.99. The predicted molar refractivity (Wildman–Crippen MR) is 131 cm³/mol. The van der Waals surface area contributed by atoms with Crippen LogP contribution in [0.3, 0.4) is 0 Å². The minimum atomic E-state index is -3.81. The summed E-state index contributed by atoms with van der Waals surface area (Å²) in [6.45, 7) is 3.90. The fourth-order valence-corrected chi connectivity index (χ4v) is 4.78. The third kappa shape index (κ3) is 7.76. The van der Waals surface area contributed by atoms with E-state index < -0.39 is 27.7 Å². The molecule has 0 aliphatic carbocycles. The average molecular weight is 560 g/mol. The number of rotatable bonds is 11. The Morgan fingerprint density at radius 1 is 1.12 bits per heavy atom. The van der Waals surface area contributed by atoms with Crippen LogP contribution in [0.5, 0.6) is 0 Å². The molecule has 0 heterocycles. The van der Waals surface area contributed by atoms with Gasteiger partial charge in [0.25, 0.3) is 0 Å². The maximum atomic E-state index is 13.6. The number of sulfonamides is 1. The summed E-state index contributed by atoms with van der Waals surface area (Å²) in [6.07, 6.45) is 1.02. The molecule has 0 aliphatic rings. The van der Waals surface area contributed by atoms with Crippen LogP contribution in [0.2, 0.25) is 0 Å². The van der Waals surface area contributed by atoms with Gasteiger partial charge in [-0.1, -0.05) is 28.1 Å². The number of carbonyl (C=O) groups is 2. The number of carbonyl (C=O) groups excluding carboxylic acids is 2. The first-order valence-corrected chi connectivity index (χ1v) is 13.3. The fraction of sp³-hybridized carbons (Fsp3) is 0.391. The van der Waals surface area contributed by atoms with Gasteiger partial charge >= 0.3 is 0 Å². The summed E-state index contributed by atoms with van der Waals surface area (Å²) in [5.41, 5.74) is 0.786. The fourth-order valence-electron chi connectivity index (χ4n) is 3.38. The Hall–Kier alpha value is -2.53. The second-order valence-corrected chi connectivity index (χ2v) is 10.6. The Morgan fingerprint density at radius 2 is 1.82 bits per heavy atom. The quantitative estimate of drug-likeness (QED) is 0.453. The molecule has 0 fully saturated rings. The molecule has 1 unspecified atom stereocenters. The van der Waals surface area contributed by atoms with E-state index in [0.717, 1.165) is 38.8 Å².